The maximum absolute atomic E-state index is 11.4. The maximum atomic E-state index is 11.4. The van der Waals surface area contributed by atoms with Crippen LogP contribution in [-0.4, -0.2) is 43.9 Å². The van der Waals surface area contributed by atoms with Crippen molar-refractivity contribution in [2.24, 2.45) is 5.14 Å². The third-order valence-electron chi connectivity index (χ3n) is 2.28. The van der Waals surface area contributed by atoms with E-state index < -0.39 is 28.1 Å². The lowest BCUT2D eigenvalue weighted by Crippen LogP contribution is -2.43. The van der Waals surface area contributed by atoms with E-state index in [0.29, 0.717) is 6.42 Å². The monoisotopic (exact) mass is 295 g/mol. The highest BCUT2D eigenvalue weighted by atomic mass is 32.2. The Morgan fingerprint density at radius 2 is 2.00 bits per heavy atom. The van der Waals surface area contributed by atoms with Gasteiger partial charge in [-0.2, -0.15) is 0 Å². The number of carboxylic acids is 1. The van der Waals surface area contributed by atoms with E-state index in [0.717, 1.165) is 6.42 Å². The number of amides is 2. The van der Waals surface area contributed by atoms with Crippen LogP contribution in [0.1, 0.15) is 32.6 Å². The molecule has 0 aliphatic heterocycles. The van der Waals surface area contributed by atoms with Gasteiger partial charge in [0, 0.05) is 12.6 Å². The van der Waals surface area contributed by atoms with Crippen LogP contribution in [0, 0.1) is 0 Å². The summed E-state index contributed by atoms with van der Waals surface area (Å²) in [5.41, 5.74) is 0. The first-order valence-corrected chi connectivity index (χ1v) is 7.72. The average Bonchev–Trinajstić information content (AvgIpc) is 2.22. The third-order valence-corrected chi connectivity index (χ3v) is 3.14. The number of nitrogens with two attached hydrogens (primary N) is 1. The molecule has 0 rings (SSSR count). The Hall–Kier alpha value is -1.35. The lowest BCUT2D eigenvalue weighted by atomic mass is 10.1. The van der Waals surface area contributed by atoms with Crippen LogP contribution in [0.5, 0.6) is 0 Å². The quantitative estimate of drug-likeness (QED) is 0.429. The van der Waals surface area contributed by atoms with E-state index in [1.165, 1.54) is 0 Å². The topological polar surface area (TPSA) is 139 Å². The van der Waals surface area contributed by atoms with Crippen LogP contribution in [-0.2, 0) is 14.8 Å². The molecule has 0 saturated heterocycles. The van der Waals surface area contributed by atoms with Gasteiger partial charge in [-0.1, -0.05) is 13.3 Å². The molecule has 19 heavy (non-hydrogen) atoms. The number of carboxylic acid groups (broad SMARTS) is 1. The average molecular weight is 295 g/mol. The van der Waals surface area contributed by atoms with Crippen LogP contribution in [0.2, 0.25) is 0 Å². The van der Waals surface area contributed by atoms with E-state index in [1.807, 2.05) is 6.92 Å². The van der Waals surface area contributed by atoms with Crippen molar-refractivity contribution in [2.75, 3.05) is 12.3 Å². The summed E-state index contributed by atoms with van der Waals surface area (Å²) in [6, 6.07) is -0.935. The summed E-state index contributed by atoms with van der Waals surface area (Å²) in [6.07, 6.45) is 1.39. The van der Waals surface area contributed by atoms with Crippen LogP contribution in [0.25, 0.3) is 0 Å². The molecule has 0 fully saturated rings. The second-order valence-corrected chi connectivity index (χ2v) is 5.94. The molecule has 0 spiro atoms. The van der Waals surface area contributed by atoms with Gasteiger partial charge in [0.1, 0.15) is 0 Å². The highest BCUT2D eigenvalue weighted by Crippen LogP contribution is 2.01. The van der Waals surface area contributed by atoms with Gasteiger partial charge in [0.05, 0.1) is 12.2 Å². The molecule has 0 aromatic carbocycles. The maximum Gasteiger partial charge on any atom is 0.315 e. The number of primary sulfonamides is 1. The van der Waals surface area contributed by atoms with Crippen molar-refractivity contribution in [1.29, 1.82) is 0 Å². The first-order valence-electron chi connectivity index (χ1n) is 6.01. The van der Waals surface area contributed by atoms with Gasteiger partial charge in [0.15, 0.2) is 0 Å². The molecule has 0 bridgehead atoms. The summed E-state index contributed by atoms with van der Waals surface area (Å²) in [4.78, 5) is 22.0. The van der Waals surface area contributed by atoms with Gasteiger partial charge in [-0.3, -0.25) is 4.79 Å². The summed E-state index contributed by atoms with van der Waals surface area (Å²) in [5.74, 6) is -1.19. The van der Waals surface area contributed by atoms with E-state index in [4.69, 9.17) is 10.2 Å². The molecule has 5 N–H and O–H groups in total. The van der Waals surface area contributed by atoms with Crippen molar-refractivity contribution >= 4 is 22.0 Å². The Balaban J connectivity index is 3.96. The fourth-order valence-electron chi connectivity index (χ4n) is 1.50. The number of carbonyl (C=O) groups excluding carboxylic acids is 1. The number of hydrogen-bond acceptors (Lipinski definition) is 4. The molecule has 1 unspecified atom stereocenters. The first-order chi connectivity index (χ1) is 8.74. The second kappa shape index (κ2) is 8.70. The van der Waals surface area contributed by atoms with E-state index in [1.54, 1.807) is 0 Å². The van der Waals surface area contributed by atoms with Crippen LogP contribution in [0.15, 0.2) is 0 Å². The predicted octanol–water partition coefficient (Wildman–Crippen LogP) is -0.392. The lowest BCUT2D eigenvalue weighted by molar-refractivity contribution is -0.137. The smallest absolute Gasteiger partial charge is 0.315 e. The first kappa shape index (κ1) is 17.6. The van der Waals surface area contributed by atoms with Gasteiger partial charge >= 0.3 is 12.0 Å². The number of hydrogen-bond donors (Lipinski definition) is 4. The molecule has 0 saturated carbocycles. The van der Waals surface area contributed by atoms with Crippen LogP contribution >= 0.6 is 0 Å². The highest BCUT2D eigenvalue weighted by molar-refractivity contribution is 7.89. The Morgan fingerprint density at radius 3 is 2.47 bits per heavy atom. The van der Waals surface area contributed by atoms with Crippen molar-refractivity contribution in [3.8, 4) is 0 Å². The molecule has 0 radical (unpaired) electrons. The predicted molar refractivity (Wildman–Crippen MR) is 70.1 cm³/mol. The van der Waals surface area contributed by atoms with Crippen molar-refractivity contribution in [3.05, 3.63) is 0 Å². The molecule has 0 aromatic rings. The molecule has 8 nitrogen and oxygen atoms in total. The van der Waals surface area contributed by atoms with Crippen LogP contribution in [0.4, 0.5) is 4.79 Å². The molecule has 112 valence electrons. The molecule has 0 heterocycles. The minimum absolute atomic E-state index is 0.140. The summed E-state index contributed by atoms with van der Waals surface area (Å²) >= 11 is 0. The van der Waals surface area contributed by atoms with Crippen molar-refractivity contribution < 1.29 is 23.1 Å². The molecule has 9 heteroatoms. The largest absolute Gasteiger partial charge is 0.481 e. The Labute approximate surface area is 112 Å². The van der Waals surface area contributed by atoms with E-state index >= 15 is 0 Å². The van der Waals surface area contributed by atoms with Gasteiger partial charge in [0.25, 0.3) is 0 Å². The molecular weight excluding hydrogens is 274 g/mol. The Morgan fingerprint density at radius 1 is 1.37 bits per heavy atom. The van der Waals surface area contributed by atoms with Crippen LogP contribution < -0.4 is 15.8 Å². The van der Waals surface area contributed by atoms with E-state index in [2.05, 4.69) is 10.6 Å². The van der Waals surface area contributed by atoms with Crippen molar-refractivity contribution in [1.82, 2.24) is 10.6 Å². The fraction of sp³-hybridized carbons (Fsp3) is 0.800. The Kier molecular flexibility index (Phi) is 8.08. The minimum atomic E-state index is -3.52. The number of aliphatic carboxylic acids is 1. The number of carbonyl (C=O) groups is 2. The molecule has 0 aliphatic rings. The summed E-state index contributed by atoms with van der Waals surface area (Å²) in [6.45, 7) is 2.05. The van der Waals surface area contributed by atoms with Crippen molar-refractivity contribution in [2.45, 2.75) is 38.6 Å². The van der Waals surface area contributed by atoms with Gasteiger partial charge in [-0.15, -0.1) is 0 Å². The second-order valence-electron chi connectivity index (χ2n) is 4.20. The van der Waals surface area contributed by atoms with Crippen molar-refractivity contribution in [3.63, 3.8) is 0 Å². The molecule has 0 aromatic heterocycles. The summed E-state index contributed by atoms with van der Waals surface area (Å²) in [7, 11) is -3.52. The van der Waals surface area contributed by atoms with Crippen LogP contribution in [0.3, 0.4) is 0 Å². The zero-order valence-electron chi connectivity index (χ0n) is 10.9. The summed E-state index contributed by atoms with van der Waals surface area (Å²) < 4.78 is 21.3. The van der Waals surface area contributed by atoms with E-state index in [-0.39, 0.29) is 25.1 Å². The van der Waals surface area contributed by atoms with Gasteiger partial charge < -0.3 is 15.7 Å². The zero-order chi connectivity index (χ0) is 14.9. The molecule has 2 amide bonds. The fourth-order valence-corrected chi connectivity index (χ4v) is 2.04. The number of rotatable bonds is 9. The third kappa shape index (κ3) is 11.5. The molecule has 0 aliphatic carbocycles. The highest BCUT2D eigenvalue weighted by Gasteiger charge is 2.14. The lowest BCUT2D eigenvalue weighted by Gasteiger charge is -2.16. The number of sulfonamides is 1. The zero-order valence-corrected chi connectivity index (χ0v) is 11.7. The van der Waals surface area contributed by atoms with Gasteiger partial charge in [-0.05, 0) is 12.8 Å². The number of urea groups is 1. The van der Waals surface area contributed by atoms with Gasteiger partial charge in [-0.25, -0.2) is 18.4 Å². The standard InChI is InChI=1S/C10H21N3O5S/c1-2-4-8(7-9(14)15)13-10(16)12-5-3-6-19(11,17)18/h8H,2-7H2,1H3,(H,14,15)(H2,11,17,18)(H2,12,13,16). The van der Waals surface area contributed by atoms with Gasteiger partial charge in [0.2, 0.25) is 10.0 Å². The normalized spacial score (nSPS) is 12.7. The number of nitrogens with one attached hydrogen (secondary N) is 2. The SMILES string of the molecule is CCCC(CC(=O)O)NC(=O)NCCCS(N)(=O)=O. The minimum Gasteiger partial charge on any atom is -0.481 e. The molecule has 1 atom stereocenters. The van der Waals surface area contributed by atoms with E-state index in [9.17, 15) is 18.0 Å². The molecular formula is C10H21N3O5S. The summed E-state index contributed by atoms with van der Waals surface area (Å²) in [5, 5.41) is 18.5. The Bertz CT molecular complexity index is 396.